The molecule has 0 radical (unpaired) electrons. The number of likely N-dealkylation sites (tertiary alicyclic amines) is 1. The van der Waals surface area contributed by atoms with Crippen LogP contribution in [0.15, 0.2) is 47.3 Å². The molecule has 2 aromatic carbocycles. The van der Waals surface area contributed by atoms with Crippen molar-refractivity contribution in [2.24, 2.45) is 5.92 Å². The lowest BCUT2D eigenvalue weighted by atomic mass is 9.96. The molecule has 4 rings (SSSR count). The van der Waals surface area contributed by atoms with E-state index in [4.69, 9.17) is 0 Å². The summed E-state index contributed by atoms with van der Waals surface area (Å²) in [4.78, 5) is 17.7. The zero-order chi connectivity index (χ0) is 18.3. The third kappa shape index (κ3) is 3.17. The monoisotopic (exact) mass is 350 g/mol. The molecular weight excluding hydrogens is 327 g/mol. The number of pyridine rings is 1. The Labute approximate surface area is 152 Å². The molecule has 3 aromatic rings. The minimum absolute atomic E-state index is 0.254. The predicted octanol–water partition coefficient (Wildman–Crippen LogP) is 4.48. The standard InChI is InChI=1S/C22H23FN2O/c1-3-15-11-25(12-15)13-16-4-6-17(7-5-16)21-10-19-14(2)8-18(23)9-20(19)22(26)24-21/h4-10,15H,3,11-13H2,1-2H3,(H,24,26). The van der Waals surface area contributed by atoms with Crippen LogP contribution in [0.4, 0.5) is 4.39 Å². The van der Waals surface area contributed by atoms with Gasteiger partial charge in [0.15, 0.2) is 0 Å². The molecule has 1 fully saturated rings. The molecule has 0 spiro atoms. The fourth-order valence-electron chi connectivity index (χ4n) is 3.77. The van der Waals surface area contributed by atoms with E-state index in [0.717, 1.165) is 34.7 Å². The zero-order valence-corrected chi connectivity index (χ0v) is 15.2. The number of nitrogens with zero attached hydrogens (tertiary/aromatic N) is 1. The van der Waals surface area contributed by atoms with E-state index in [0.29, 0.717) is 5.39 Å². The van der Waals surface area contributed by atoms with Gasteiger partial charge in [-0.1, -0.05) is 37.6 Å². The second-order valence-electron chi connectivity index (χ2n) is 7.36. The molecule has 0 unspecified atom stereocenters. The van der Waals surface area contributed by atoms with Gasteiger partial charge in [0.1, 0.15) is 5.82 Å². The minimum atomic E-state index is -0.381. The highest BCUT2D eigenvalue weighted by molar-refractivity contribution is 5.87. The van der Waals surface area contributed by atoms with Gasteiger partial charge in [0.05, 0.1) is 5.39 Å². The number of aromatic amines is 1. The van der Waals surface area contributed by atoms with Crippen molar-refractivity contribution in [2.75, 3.05) is 13.1 Å². The molecule has 2 heterocycles. The molecule has 0 bridgehead atoms. The largest absolute Gasteiger partial charge is 0.321 e. The molecule has 3 nitrogen and oxygen atoms in total. The van der Waals surface area contributed by atoms with Crippen LogP contribution in [0.2, 0.25) is 0 Å². The number of nitrogens with one attached hydrogen (secondary N) is 1. The quantitative estimate of drug-likeness (QED) is 0.753. The van der Waals surface area contributed by atoms with E-state index < -0.39 is 0 Å². The van der Waals surface area contributed by atoms with Crippen LogP contribution in [0.5, 0.6) is 0 Å². The van der Waals surface area contributed by atoms with Gasteiger partial charge in [-0.25, -0.2) is 4.39 Å². The van der Waals surface area contributed by atoms with E-state index in [9.17, 15) is 9.18 Å². The number of rotatable bonds is 4. The second kappa shape index (κ2) is 6.69. The summed E-state index contributed by atoms with van der Waals surface area (Å²) in [5, 5.41) is 1.19. The summed E-state index contributed by atoms with van der Waals surface area (Å²) in [7, 11) is 0. The number of hydrogen-bond donors (Lipinski definition) is 1. The highest BCUT2D eigenvalue weighted by Crippen LogP contribution is 2.25. The number of H-pyrrole nitrogens is 1. The van der Waals surface area contributed by atoms with Crippen molar-refractivity contribution in [3.8, 4) is 11.3 Å². The minimum Gasteiger partial charge on any atom is -0.321 e. The van der Waals surface area contributed by atoms with Gasteiger partial charge in [-0.3, -0.25) is 9.69 Å². The summed E-state index contributed by atoms with van der Waals surface area (Å²) in [5.41, 5.74) is 3.53. The summed E-state index contributed by atoms with van der Waals surface area (Å²) in [6.07, 6.45) is 1.26. The highest BCUT2D eigenvalue weighted by atomic mass is 19.1. The van der Waals surface area contributed by atoms with E-state index in [1.54, 1.807) is 0 Å². The predicted molar refractivity (Wildman–Crippen MR) is 104 cm³/mol. The second-order valence-corrected chi connectivity index (χ2v) is 7.36. The van der Waals surface area contributed by atoms with Crippen LogP contribution in [0.1, 0.15) is 24.5 Å². The van der Waals surface area contributed by atoms with Gasteiger partial charge in [0, 0.05) is 25.3 Å². The van der Waals surface area contributed by atoms with Crippen molar-refractivity contribution in [2.45, 2.75) is 26.8 Å². The molecule has 1 N–H and O–H groups in total. The number of aromatic nitrogens is 1. The lowest BCUT2D eigenvalue weighted by Crippen LogP contribution is -2.45. The molecule has 1 aliphatic rings. The van der Waals surface area contributed by atoms with E-state index in [2.05, 4.69) is 28.9 Å². The molecule has 4 heteroatoms. The highest BCUT2D eigenvalue weighted by Gasteiger charge is 2.24. The summed E-state index contributed by atoms with van der Waals surface area (Å²) in [6.45, 7) is 7.42. The van der Waals surface area contributed by atoms with Crippen LogP contribution in [0, 0.1) is 18.7 Å². The van der Waals surface area contributed by atoms with Gasteiger partial charge < -0.3 is 4.98 Å². The maximum Gasteiger partial charge on any atom is 0.256 e. The van der Waals surface area contributed by atoms with Crippen LogP contribution in [0.25, 0.3) is 22.0 Å². The molecule has 134 valence electrons. The van der Waals surface area contributed by atoms with Crippen LogP contribution in [-0.4, -0.2) is 23.0 Å². The summed E-state index contributed by atoms with van der Waals surface area (Å²) in [5.74, 6) is 0.471. The molecule has 1 saturated heterocycles. The Bertz CT molecular complexity index is 1000. The number of halogens is 1. The van der Waals surface area contributed by atoms with Gasteiger partial charge in [-0.2, -0.15) is 0 Å². The molecule has 26 heavy (non-hydrogen) atoms. The number of hydrogen-bond acceptors (Lipinski definition) is 2. The van der Waals surface area contributed by atoms with Crippen molar-refractivity contribution >= 4 is 10.8 Å². The summed E-state index contributed by atoms with van der Waals surface area (Å²) < 4.78 is 13.6. The van der Waals surface area contributed by atoms with E-state index >= 15 is 0 Å². The Kier molecular flexibility index (Phi) is 4.37. The van der Waals surface area contributed by atoms with Gasteiger partial charge in [0.25, 0.3) is 5.56 Å². The third-order valence-electron chi connectivity index (χ3n) is 5.41. The third-order valence-corrected chi connectivity index (χ3v) is 5.41. The average Bonchev–Trinajstić information content (AvgIpc) is 2.59. The molecule has 0 amide bonds. The SMILES string of the molecule is CCC1CN(Cc2ccc(-c3cc4c(C)cc(F)cc4c(=O)[nH]3)cc2)C1. The van der Waals surface area contributed by atoms with Crippen LogP contribution >= 0.6 is 0 Å². The van der Waals surface area contributed by atoms with Crippen LogP contribution in [-0.2, 0) is 6.54 Å². The Balaban J connectivity index is 1.60. The van der Waals surface area contributed by atoms with Crippen molar-refractivity contribution in [1.29, 1.82) is 0 Å². The first kappa shape index (κ1) is 17.0. The fourth-order valence-corrected chi connectivity index (χ4v) is 3.77. The van der Waals surface area contributed by atoms with Crippen LogP contribution < -0.4 is 5.56 Å². The molecular formula is C22H23FN2O. The van der Waals surface area contributed by atoms with Crippen molar-refractivity contribution in [3.63, 3.8) is 0 Å². The Morgan fingerprint density at radius 1 is 1.12 bits per heavy atom. The van der Waals surface area contributed by atoms with Crippen molar-refractivity contribution in [1.82, 2.24) is 9.88 Å². The zero-order valence-electron chi connectivity index (χ0n) is 15.2. The fraction of sp³-hybridized carbons (Fsp3) is 0.318. The van der Waals surface area contributed by atoms with Gasteiger partial charge in [-0.05, 0) is 53.1 Å². The Morgan fingerprint density at radius 2 is 1.85 bits per heavy atom. The number of aryl methyl sites for hydroxylation is 1. The maximum absolute atomic E-state index is 13.6. The number of benzene rings is 2. The van der Waals surface area contributed by atoms with Gasteiger partial charge in [-0.15, -0.1) is 0 Å². The average molecular weight is 350 g/mol. The first-order valence-corrected chi connectivity index (χ1v) is 9.18. The van der Waals surface area contributed by atoms with Crippen molar-refractivity contribution < 1.29 is 4.39 Å². The number of fused-ring (bicyclic) bond motifs is 1. The molecule has 0 saturated carbocycles. The first-order chi connectivity index (χ1) is 12.5. The van der Waals surface area contributed by atoms with Gasteiger partial charge >= 0.3 is 0 Å². The van der Waals surface area contributed by atoms with Crippen molar-refractivity contribution in [3.05, 3.63) is 69.8 Å². The summed E-state index contributed by atoms with van der Waals surface area (Å²) >= 11 is 0. The molecule has 1 aliphatic heterocycles. The van der Waals surface area contributed by atoms with E-state index in [1.807, 2.05) is 25.1 Å². The topological polar surface area (TPSA) is 36.1 Å². The Morgan fingerprint density at radius 3 is 2.54 bits per heavy atom. The molecule has 0 aliphatic carbocycles. The van der Waals surface area contributed by atoms with Crippen LogP contribution in [0.3, 0.4) is 0 Å². The van der Waals surface area contributed by atoms with Gasteiger partial charge in [0.2, 0.25) is 0 Å². The van der Waals surface area contributed by atoms with E-state index in [-0.39, 0.29) is 11.4 Å². The molecule has 1 aromatic heterocycles. The molecule has 0 atom stereocenters. The maximum atomic E-state index is 13.6. The summed E-state index contributed by atoms with van der Waals surface area (Å²) in [6, 6.07) is 13.0. The lowest BCUT2D eigenvalue weighted by molar-refractivity contribution is 0.0899. The smallest absolute Gasteiger partial charge is 0.256 e. The lowest BCUT2D eigenvalue weighted by Gasteiger charge is -2.38. The Hall–Kier alpha value is -2.46. The first-order valence-electron chi connectivity index (χ1n) is 9.18. The normalized spacial score (nSPS) is 15.3. The van der Waals surface area contributed by atoms with E-state index in [1.165, 1.54) is 37.2 Å².